The fraction of sp³-hybridized carbons (Fsp3) is 0.235. The third-order valence-corrected chi connectivity index (χ3v) is 3.78. The number of hydrogen-bond acceptors (Lipinski definition) is 3. The summed E-state index contributed by atoms with van der Waals surface area (Å²) in [6.45, 7) is 3.93. The Morgan fingerprint density at radius 3 is 2.13 bits per heavy atom. The normalized spacial score (nSPS) is 12.0. The molecule has 0 aromatic heterocycles. The van der Waals surface area contributed by atoms with Gasteiger partial charge in [-0.1, -0.05) is 37.6 Å². The summed E-state index contributed by atoms with van der Waals surface area (Å²) in [5, 5.41) is 14.1. The van der Waals surface area contributed by atoms with Crippen LogP contribution < -0.4 is 5.32 Å². The van der Waals surface area contributed by atoms with Gasteiger partial charge in [-0.25, -0.2) is 0 Å². The van der Waals surface area contributed by atoms with Crippen molar-refractivity contribution in [3.8, 4) is 0 Å². The number of rotatable bonds is 5. The summed E-state index contributed by atoms with van der Waals surface area (Å²) < 4.78 is 0. The number of nitrogens with one attached hydrogen (secondary N) is 1. The first kappa shape index (κ1) is 17.0. The van der Waals surface area contributed by atoms with Crippen LogP contribution >= 0.6 is 11.6 Å². The number of nitro groups is 1. The molecule has 0 aliphatic rings. The topological polar surface area (TPSA) is 72.2 Å². The van der Waals surface area contributed by atoms with Crippen LogP contribution in [0.25, 0.3) is 0 Å². The van der Waals surface area contributed by atoms with Gasteiger partial charge in [0.15, 0.2) is 0 Å². The molecule has 0 saturated heterocycles. The number of carbonyl (C=O) groups is 1. The molecule has 23 heavy (non-hydrogen) atoms. The van der Waals surface area contributed by atoms with Crippen molar-refractivity contribution in [3.05, 3.63) is 69.2 Å². The summed E-state index contributed by atoms with van der Waals surface area (Å²) in [5.41, 5.74) is 1.39. The van der Waals surface area contributed by atoms with Crippen LogP contribution in [0.4, 0.5) is 11.4 Å². The smallest absolute Gasteiger partial charge is 0.269 e. The van der Waals surface area contributed by atoms with Gasteiger partial charge in [0.25, 0.3) is 5.69 Å². The molecule has 0 spiro atoms. The number of nitrogens with zero attached hydrogens (tertiary/aromatic N) is 1. The van der Waals surface area contributed by atoms with Gasteiger partial charge in [0.05, 0.1) is 10.8 Å². The molecular formula is C17H17ClN2O3. The molecular weight excluding hydrogens is 316 g/mol. The Balaban J connectivity index is 2.18. The number of non-ortho nitro benzene ring substituents is 1. The van der Waals surface area contributed by atoms with Crippen molar-refractivity contribution >= 4 is 28.9 Å². The van der Waals surface area contributed by atoms with Gasteiger partial charge in [0.2, 0.25) is 5.91 Å². The highest BCUT2D eigenvalue weighted by atomic mass is 35.5. The molecule has 0 radical (unpaired) electrons. The van der Waals surface area contributed by atoms with Gasteiger partial charge in [-0.15, -0.1) is 0 Å². The van der Waals surface area contributed by atoms with E-state index in [0.29, 0.717) is 10.7 Å². The van der Waals surface area contributed by atoms with E-state index >= 15 is 0 Å². The fourth-order valence-corrected chi connectivity index (χ4v) is 2.52. The van der Waals surface area contributed by atoms with Crippen LogP contribution in [0.5, 0.6) is 0 Å². The molecule has 0 fully saturated rings. The molecule has 1 amide bonds. The minimum absolute atomic E-state index is 0.0129. The number of amides is 1. The zero-order chi connectivity index (χ0) is 17.0. The first-order valence-corrected chi connectivity index (χ1v) is 7.57. The quantitative estimate of drug-likeness (QED) is 0.641. The lowest BCUT2D eigenvalue weighted by Gasteiger charge is -2.21. The van der Waals surface area contributed by atoms with Gasteiger partial charge in [0, 0.05) is 22.8 Å². The van der Waals surface area contributed by atoms with E-state index < -0.39 is 4.92 Å². The molecule has 0 saturated carbocycles. The molecule has 6 heteroatoms. The lowest BCUT2D eigenvalue weighted by molar-refractivity contribution is -0.384. The second kappa shape index (κ2) is 7.24. The van der Waals surface area contributed by atoms with Gasteiger partial charge in [-0.2, -0.15) is 0 Å². The molecule has 2 aromatic carbocycles. The summed E-state index contributed by atoms with van der Waals surface area (Å²) in [6.07, 6.45) is 0. The maximum absolute atomic E-state index is 12.6. The number of anilines is 1. The maximum atomic E-state index is 12.6. The Bertz CT molecular complexity index is 697. The Labute approximate surface area is 139 Å². The first-order chi connectivity index (χ1) is 10.9. The van der Waals surface area contributed by atoms with Crippen LogP contribution in [0, 0.1) is 16.0 Å². The van der Waals surface area contributed by atoms with Crippen LogP contribution in [0.1, 0.15) is 25.3 Å². The molecule has 0 aliphatic carbocycles. The van der Waals surface area contributed by atoms with Crippen molar-refractivity contribution in [3.63, 3.8) is 0 Å². The van der Waals surface area contributed by atoms with Crippen LogP contribution in [0.2, 0.25) is 5.02 Å². The lowest BCUT2D eigenvalue weighted by Crippen LogP contribution is -2.25. The zero-order valence-electron chi connectivity index (χ0n) is 12.8. The molecule has 0 aliphatic heterocycles. The standard InChI is InChI=1S/C17H17ClN2O3/c1-11(2)16(12-3-5-13(18)6-4-12)17(21)19-14-7-9-15(10-8-14)20(22)23/h3-11,16H,1-2H3,(H,19,21). The van der Waals surface area contributed by atoms with Crippen molar-refractivity contribution in [1.29, 1.82) is 0 Å². The van der Waals surface area contributed by atoms with E-state index in [9.17, 15) is 14.9 Å². The number of carbonyl (C=O) groups excluding carboxylic acids is 1. The van der Waals surface area contributed by atoms with Crippen molar-refractivity contribution in [1.82, 2.24) is 0 Å². The van der Waals surface area contributed by atoms with E-state index in [1.807, 2.05) is 26.0 Å². The summed E-state index contributed by atoms with van der Waals surface area (Å²) in [7, 11) is 0. The van der Waals surface area contributed by atoms with E-state index in [1.165, 1.54) is 24.3 Å². The molecule has 120 valence electrons. The minimum Gasteiger partial charge on any atom is -0.326 e. The number of halogens is 1. The minimum atomic E-state index is -0.476. The SMILES string of the molecule is CC(C)C(C(=O)Nc1ccc([N+](=O)[O-])cc1)c1ccc(Cl)cc1. The molecule has 2 aromatic rings. The predicted molar refractivity (Wildman–Crippen MR) is 90.8 cm³/mol. The third-order valence-electron chi connectivity index (χ3n) is 3.52. The second-order valence-corrected chi connectivity index (χ2v) is 6.00. The molecule has 0 heterocycles. The molecule has 1 atom stereocenters. The highest BCUT2D eigenvalue weighted by Crippen LogP contribution is 2.27. The van der Waals surface area contributed by atoms with Crippen molar-refractivity contribution in [2.24, 2.45) is 5.92 Å². The predicted octanol–water partition coefficient (Wildman–Crippen LogP) is 4.63. The number of benzene rings is 2. The van der Waals surface area contributed by atoms with Crippen molar-refractivity contribution < 1.29 is 9.72 Å². The lowest BCUT2D eigenvalue weighted by atomic mass is 9.87. The molecule has 2 rings (SSSR count). The summed E-state index contributed by atoms with van der Waals surface area (Å²) >= 11 is 5.89. The van der Waals surface area contributed by atoms with Gasteiger partial charge >= 0.3 is 0 Å². The summed E-state index contributed by atoms with van der Waals surface area (Å²) in [5.74, 6) is -0.396. The van der Waals surface area contributed by atoms with E-state index in [1.54, 1.807) is 12.1 Å². The van der Waals surface area contributed by atoms with Crippen LogP contribution in [-0.2, 0) is 4.79 Å². The average molecular weight is 333 g/mol. The molecule has 5 nitrogen and oxygen atoms in total. The van der Waals surface area contributed by atoms with Gasteiger partial charge in [0.1, 0.15) is 0 Å². The van der Waals surface area contributed by atoms with Crippen molar-refractivity contribution in [2.75, 3.05) is 5.32 Å². The molecule has 1 N–H and O–H groups in total. The Hall–Kier alpha value is -2.40. The van der Waals surface area contributed by atoms with Gasteiger partial charge in [-0.3, -0.25) is 14.9 Å². The largest absolute Gasteiger partial charge is 0.326 e. The fourth-order valence-electron chi connectivity index (χ4n) is 2.40. The van der Waals surface area contributed by atoms with E-state index in [-0.39, 0.29) is 23.4 Å². The molecule has 0 bridgehead atoms. The Morgan fingerprint density at radius 1 is 1.09 bits per heavy atom. The number of hydrogen-bond donors (Lipinski definition) is 1. The molecule has 1 unspecified atom stereocenters. The third kappa shape index (κ3) is 4.29. The van der Waals surface area contributed by atoms with Crippen LogP contribution in [-0.4, -0.2) is 10.8 Å². The second-order valence-electron chi connectivity index (χ2n) is 5.57. The summed E-state index contributed by atoms with van der Waals surface area (Å²) in [4.78, 5) is 22.8. The van der Waals surface area contributed by atoms with E-state index in [2.05, 4.69) is 5.32 Å². The summed E-state index contributed by atoms with van der Waals surface area (Å²) in [6, 6.07) is 13.0. The van der Waals surface area contributed by atoms with Crippen LogP contribution in [0.3, 0.4) is 0 Å². The monoisotopic (exact) mass is 332 g/mol. The van der Waals surface area contributed by atoms with Crippen LogP contribution in [0.15, 0.2) is 48.5 Å². The highest BCUT2D eigenvalue weighted by Gasteiger charge is 2.24. The first-order valence-electron chi connectivity index (χ1n) is 7.19. The zero-order valence-corrected chi connectivity index (χ0v) is 13.6. The Kier molecular flexibility index (Phi) is 5.34. The van der Waals surface area contributed by atoms with E-state index in [4.69, 9.17) is 11.6 Å². The maximum Gasteiger partial charge on any atom is 0.269 e. The van der Waals surface area contributed by atoms with Gasteiger partial charge in [-0.05, 0) is 35.7 Å². The van der Waals surface area contributed by atoms with E-state index in [0.717, 1.165) is 5.56 Å². The van der Waals surface area contributed by atoms with Gasteiger partial charge < -0.3 is 5.32 Å². The Morgan fingerprint density at radius 2 is 1.65 bits per heavy atom. The number of nitro benzene ring substituents is 1. The van der Waals surface area contributed by atoms with Crippen molar-refractivity contribution in [2.45, 2.75) is 19.8 Å². The average Bonchev–Trinajstić information content (AvgIpc) is 2.49. The highest BCUT2D eigenvalue weighted by molar-refractivity contribution is 6.30.